The molecule has 6 rings (SSSR count). The van der Waals surface area contributed by atoms with Crippen molar-refractivity contribution < 1.29 is 32.5 Å². The van der Waals surface area contributed by atoms with Crippen molar-refractivity contribution >= 4 is 6.09 Å². The lowest BCUT2D eigenvalue weighted by Crippen LogP contribution is -2.62. The number of morpholine rings is 1. The van der Waals surface area contributed by atoms with Crippen LogP contribution in [0.5, 0.6) is 0 Å². The molecule has 0 aromatic heterocycles. The summed E-state index contributed by atoms with van der Waals surface area (Å²) in [5.41, 5.74) is 3.00. The van der Waals surface area contributed by atoms with Crippen molar-refractivity contribution in [1.82, 2.24) is 4.90 Å². The quantitative estimate of drug-likeness (QED) is 0.457. The monoisotopic (exact) mass is 523 g/mol. The van der Waals surface area contributed by atoms with Crippen LogP contribution in [0, 0.1) is 6.92 Å². The van der Waals surface area contributed by atoms with E-state index in [1.54, 1.807) is 11.8 Å². The number of benzene rings is 3. The highest BCUT2D eigenvalue weighted by Crippen LogP contribution is 2.46. The van der Waals surface area contributed by atoms with Gasteiger partial charge in [-0.25, -0.2) is 4.79 Å². The van der Waals surface area contributed by atoms with Crippen molar-refractivity contribution in [2.75, 3.05) is 19.8 Å². The molecule has 0 radical (unpaired) electrons. The van der Waals surface area contributed by atoms with Gasteiger partial charge < -0.3 is 14.6 Å². The van der Waals surface area contributed by atoms with E-state index in [9.17, 15) is 23.1 Å². The number of aryl methyl sites for hydroxylation is 1. The number of hydrogen-bond acceptors (Lipinski definition) is 4. The SMILES string of the molecule is Cc1ccc(C(F)(F)F)cc1C1(O)CC2COCC(C1)N2C(=O)OCC1c2ccccc2-c2ccccc21. The minimum atomic E-state index is -4.51. The number of amides is 1. The Morgan fingerprint density at radius 3 is 2.16 bits per heavy atom. The summed E-state index contributed by atoms with van der Waals surface area (Å²) in [6.07, 6.45) is -4.88. The van der Waals surface area contributed by atoms with E-state index >= 15 is 0 Å². The zero-order chi connectivity index (χ0) is 26.7. The Balaban J connectivity index is 1.22. The first-order valence-corrected chi connectivity index (χ1v) is 12.8. The predicted octanol–water partition coefficient (Wildman–Crippen LogP) is 6.01. The molecule has 2 bridgehead atoms. The number of carbonyl (C=O) groups excluding carboxylic acids is 1. The van der Waals surface area contributed by atoms with Crippen LogP contribution in [0.3, 0.4) is 0 Å². The van der Waals surface area contributed by atoms with Crippen LogP contribution in [0.4, 0.5) is 18.0 Å². The van der Waals surface area contributed by atoms with Crippen molar-refractivity contribution in [2.45, 2.75) is 49.5 Å². The fourth-order valence-electron chi connectivity index (χ4n) is 6.46. The molecule has 3 aliphatic rings. The molecule has 2 fully saturated rings. The Morgan fingerprint density at radius 1 is 1.00 bits per heavy atom. The van der Waals surface area contributed by atoms with E-state index in [2.05, 4.69) is 24.3 Å². The maximum Gasteiger partial charge on any atom is 0.416 e. The average molecular weight is 524 g/mol. The number of rotatable bonds is 3. The Kier molecular flexibility index (Phi) is 6.00. The molecule has 3 aromatic carbocycles. The van der Waals surface area contributed by atoms with Gasteiger partial charge in [-0.1, -0.05) is 54.6 Å². The van der Waals surface area contributed by atoms with Crippen molar-refractivity contribution in [3.05, 3.63) is 94.5 Å². The number of hydrogen-bond donors (Lipinski definition) is 1. The van der Waals surface area contributed by atoms with Gasteiger partial charge >= 0.3 is 12.3 Å². The molecule has 38 heavy (non-hydrogen) atoms. The molecule has 2 atom stereocenters. The summed E-state index contributed by atoms with van der Waals surface area (Å²) in [6.45, 7) is 2.22. The van der Waals surface area contributed by atoms with E-state index in [1.165, 1.54) is 6.07 Å². The third-order valence-electron chi connectivity index (χ3n) is 8.17. The molecule has 5 nitrogen and oxygen atoms in total. The first-order valence-electron chi connectivity index (χ1n) is 12.8. The molecule has 0 spiro atoms. The topological polar surface area (TPSA) is 59.0 Å². The van der Waals surface area contributed by atoms with Crippen molar-refractivity contribution in [2.24, 2.45) is 0 Å². The van der Waals surface area contributed by atoms with Gasteiger partial charge in [0.2, 0.25) is 0 Å². The lowest BCUT2D eigenvalue weighted by atomic mass is 9.75. The Bertz CT molecular complexity index is 1330. The maximum atomic E-state index is 13.4. The van der Waals surface area contributed by atoms with Gasteiger partial charge in [-0.3, -0.25) is 4.90 Å². The zero-order valence-corrected chi connectivity index (χ0v) is 20.9. The fourth-order valence-corrected chi connectivity index (χ4v) is 6.46. The second-order valence-electron chi connectivity index (χ2n) is 10.5. The number of aliphatic hydroxyl groups is 1. The second kappa shape index (κ2) is 9.13. The van der Waals surface area contributed by atoms with Gasteiger partial charge in [-0.05, 0) is 52.4 Å². The number of alkyl halides is 3. The van der Waals surface area contributed by atoms with Crippen molar-refractivity contribution in [3.63, 3.8) is 0 Å². The van der Waals surface area contributed by atoms with Crippen LogP contribution in [-0.4, -0.2) is 48.0 Å². The number of nitrogens with zero attached hydrogens (tertiary/aromatic N) is 1. The molecule has 8 heteroatoms. The molecule has 0 saturated carbocycles. The van der Waals surface area contributed by atoms with E-state index in [1.807, 2.05) is 24.3 Å². The van der Waals surface area contributed by atoms with E-state index in [-0.39, 0.29) is 44.1 Å². The normalized spacial score (nSPS) is 24.6. The lowest BCUT2D eigenvalue weighted by molar-refractivity contribution is -0.140. The summed E-state index contributed by atoms with van der Waals surface area (Å²) in [6, 6.07) is 18.6. The highest BCUT2D eigenvalue weighted by molar-refractivity contribution is 5.79. The third-order valence-corrected chi connectivity index (χ3v) is 8.17. The number of fused-ring (bicyclic) bond motifs is 5. The molecule has 1 N–H and O–H groups in total. The van der Waals surface area contributed by atoms with Crippen LogP contribution in [0.25, 0.3) is 11.1 Å². The summed E-state index contributed by atoms with van der Waals surface area (Å²) < 4.78 is 51.8. The van der Waals surface area contributed by atoms with Gasteiger partial charge in [0.25, 0.3) is 0 Å². The largest absolute Gasteiger partial charge is 0.448 e. The fraction of sp³-hybridized carbons (Fsp3) is 0.367. The minimum Gasteiger partial charge on any atom is -0.448 e. The third kappa shape index (κ3) is 4.16. The highest BCUT2D eigenvalue weighted by Gasteiger charge is 2.50. The van der Waals surface area contributed by atoms with Crippen LogP contribution >= 0.6 is 0 Å². The van der Waals surface area contributed by atoms with Gasteiger partial charge in [0.05, 0.1) is 36.5 Å². The average Bonchev–Trinajstić information content (AvgIpc) is 3.20. The number of piperidine rings is 1. The number of ether oxygens (including phenoxy) is 2. The molecule has 198 valence electrons. The van der Waals surface area contributed by atoms with E-state index in [0.29, 0.717) is 5.56 Å². The molecule has 1 aliphatic carbocycles. The van der Waals surface area contributed by atoms with Crippen LogP contribution < -0.4 is 0 Å². The van der Waals surface area contributed by atoms with Gasteiger partial charge in [0, 0.05) is 18.8 Å². The van der Waals surface area contributed by atoms with Gasteiger partial charge in [-0.15, -0.1) is 0 Å². The molecular formula is C30H28F3NO4. The zero-order valence-electron chi connectivity index (χ0n) is 20.9. The summed E-state index contributed by atoms with van der Waals surface area (Å²) in [4.78, 5) is 15.0. The number of carbonyl (C=O) groups is 1. The molecule has 2 heterocycles. The minimum absolute atomic E-state index is 0.0653. The summed E-state index contributed by atoms with van der Waals surface area (Å²) in [5, 5.41) is 11.6. The standard InChI is InChI=1S/C30H28F3NO4/c1-18-10-11-19(30(31,32)33)12-27(18)29(36)13-20-15-37-16-21(14-29)34(20)28(35)38-17-26-24-8-4-2-6-22(24)23-7-3-5-9-25(23)26/h2-12,20-21,26,36H,13-17H2,1H3. The van der Waals surface area contributed by atoms with Crippen molar-refractivity contribution in [1.29, 1.82) is 0 Å². The van der Waals surface area contributed by atoms with E-state index in [4.69, 9.17) is 9.47 Å². The van der Waals surface area contributed by atoms with Crippen LogP contribution in [0.2, 0.25) is 0 Å². The molecule has 3 aromatic rings. The van der Waals surface area contributed by atoms with Crippen LogP contribution in [-0.2, 0) is 21.3 Å². The first-order chi connectivity index (χ1) is 18.2. The smallest absolute Gasteiger partial charge is 0.416 e. The second-order valence-corrected chi connectivity index (χ2v) is 10.5. The molecule has 2 aliphatic heterocycles. The summed E-state index contributed by atoms with van der Waals surface area (Å²) in [5.74, 6) is -0.0862. The Labute approximate surface area is 218 Å². The predicted molar refractivity (Wildman–Crippen MR) is 135 cm³/mol. The summed E-state index contributed by atoms with van der Waals surface area (Å²) >= 11 is 0. The van der Waals surface area contributed by atoms with Gasteiger partial charge in [0.15, 0.2) is 0 Å². The van der Waals surface area contributed by atoms with Crippen molar-refractivity contribution in [3.8, 4) is 11.1 Å². The summed E-state index contributed by atoms with van der Waals surface area (Å²) in [7, 11) is 0. The Hall–Kier alpha value is -3.36. The van der Waals surface area contributed by atoms with Crippen LogP contribution in [0.1, 0.15) is 46.6 Å². The molecule has 2 unspecified atom stereocenters. The van der Waals surface area contributed by atoms with Gasteiger partial charge in [0.1, 0.15) is 6.61 Å². The molecular weight excluding hydrogens is 495 g/mol. The number of halogens is 3. The van der Waals surface area contributed by atoms with Gasteiger partial charge in [-0.2, -0.15) is 13.2 Å². The van der Waals surface area contributed by atoms with Crippen LogP contribution in [0.15, 0.2) is 66.7 Å². The lowest BCUT2D eigenvalue weighted by Gasteiger charge is -2.51. The maximum absolute atomic E-state index is 13.4. The van der Waals surface area contributed by atoms with E-state index in [0.717, 1.165) is 34.4 Å². The highest BCUT2D eigenvalue weighted by atomic mass is 19.4. The first kappa shape index (κ1) is 24.9. The molecule has 1 amide bonds. The molecule has 2 saturated heterocycles. The van der Waals surface area contributed by atoms with E-state index < -0.39 is 35.5 Å². The Morgan fingerprint density at radius 2 is 1.58 bits per heavy atom.